The molecule has 3 nitrogen and oxygen atoms in total. The van der Waals surface area contributed by atoms with Gasteiger partial charge in [0.15, 0.2) is 0 Å². The van der Waals surface area contributed by atoms with Gasteiger partial charge in [0.1, 0.15) is 0 Å². The highest BCUT2D eigenvalue weighted by atomic mass is 35.5. The second kappa shape index (κ2) is 7.36. The molecule has 0 amide bonds. The van der Waals surface area contributed by atoms with Crippen molar-refractivity contribution in [1.82, 2.24) is 4.57 Å². The SMILES string of the molecule is CCn1c2ccccc2c2cc([C@H](N)[C@H](O)C3CCCC3)ccc21.Cl. The minimum absolute atomic E-state index is 0. The van der Waals surface area contributed by atoms with Crippen molar-refractivity contribution in [3.8, 4) is 0 Å². The third-order valence-corrected chi connectivity index (χ3v) is 5.75. The zero-order valence-electron chi connectivity index (χ0n) is 14.7. The molecule has 3 aromatic rings. The Morgan fingerprint density at radius 3 is 2.48 bits per heavy atom. The summed E-state index contributed by atoms with van der Waals surface area (Å²) in [5.74, 6) is 0.354. The number of aliphatic hydroxyl groups excluding tert-OH is 1. The second-order valence-electron chi connectivity index (χ2n) is 7.10. The van der Waals surface area contributed by atoms with Gasteiger partial charge in [0.2, 0.25) is 0 Å². The van der Waals surface area contributed by atoms with E-state index in [-0.39, 0.29) is 18.4 Å². The summed E-state index contributed by atoms with van der Waals surface area (Å²) >= 11 is 0. The third-order valence-electron chi connectivity index (χ3n) is 5.75. The molecule has 134 valence electrons. The molecule has 4 rings (SSSR count). The van der Waals surface area contributed by atoms with Crippen molar-refractivity contribution in [2.75, 3.05) is 0 Å². The van der Waals surface area contributed by atoms with E-state index >= 15 is 0 Å². The maximum absolute atomic E-state index is 10.7. The van der Waals surface area contributed by atoms with E-state index in [0.717, 1.165) is 24.9 Å². The zero-order valence-corrected chi connectivity index (χ0v) is 15.5. The summed E-state index contributed by atoms with van der Waals surface area (Å²) in [5.41, 5.74) is 9.98. The van der Waals surface area contributed by atoms with E-state index in [1.165, 1.54) is 34.6 Å². The van der Waals surface area contributed by atoms with Crippen LogP contribution in [-0.2, 0) is 6.54 Å². The van der Waals surface area contributed by atoms with Crippen molar-refractivity contribution in [3.05, 3.63) is 48.0 Å². The zero-order chi connectivity index (χ0) is 16.7. The van der Waals surface area contributed by atoms with E-state index in [2.05, 4.69) is 54.0 Å². The van der Waals surface area contributed by atoms with E-state index in [1.54, 1.807) is 0 Å². The normalized spacial score (nSPS) is 17.7. The summed E-state index contributed by atoms with van der Waals surface area (Å²) in [4.78, 5) is 0. The smallest absolute Gasteiger partial charge is 0.0760 e. The maximum Gasteiger partial charge on any atom is 0.0760 e. The van der Waals surface area contributed by atoms with Gasteiger partial charge < -0.3 is 15.4 Å². The summed E-state index contributed by atoms with van der Waals surface area (Å²) in [6.07, 6.45) is 4.21. The van der Waals surface area contributed by atoms with Crippen LogP contribution in [0.3, 0.4) is 0 Å². The van der Waals surface area contributed by atoms with Crippen LogP contribution >= 0.6 is 12.4 Å². The molecule has 0 saturated heterocycles. The molecular weight excluding hydrogens is 332 g/mol. The number of para-hydroxylation sites is 1. The fraction of sp³-hybridized carbons (Fsp3) is 0.429. The fourth-order valence-electron chi connectivity index (χ4n) is 4.41. The second-order valence-corrected chi connectivity index (χ2v) is 7.10. The van der Waals surface area contributed by atoms with Gasteiger partial charge in [-0.3, -0.25) is 0 Å². The number of aliphatic hydroxyl groups is 1. The molecule has 1 saturated carbocycles. The molecule has 1 aromatic heterocycles. The minimum atomic E-state index is -0.440. The molecule has 0 spiro atoms. The molecule has 1 aliphatic rings. The summed E-state index contributed by atoms with van der Waals surface area (Å²) in [7, 11) is 0. The topological polar surface area (TPSA) is 51.2 Å². The van der Waals surface area contributed by atoms with Crippen molar-refractivity contribution in [3.63, 3.8) is 0 Å². The molecule has 0 radical (unpaired) electrons. The first-order valence-electron chi connectivity index (χ1n) is 9.15. The van der Waals surface area contributed by atoms with Crippen molar-refractivity contribution in [2.45, 2.75) is 51.3 Å². The molecule has 4 heteroatoms. The number of aromatic nitrogens is 1. The molecule has 2 aromatic carbocycles. The molecule has 25 heavy (non-hydrogen) atoms. The lowest BCUT2D eigenvalue weighted by Crippen LogP contribution is -2.31. The maximum atomic E-state index is 10.7. The fourth-order valence-corrected chi connectivity index (χ4v) is 4.41. The Bertz CT molecular complexity index is 867. The Labute approximate surface area is 155 Å². The van der Waals surface area contributed by atoms with Gasteiger partial charge >= 0.3 is 0 Å². The van der Waals surface area contributed by atoms with Gasteiger partial charge in [0, 0.05) is 28.4 Å². The van der Waals surface area contributed by atoms with Crippen LogP contribution in [0.15, 0.2) is 42.5 Å². The number of nitrogens with two attached hydrogens (primary N) is 1. The molecule has 0 bridgehead atoms. The van der Waals surface area contributed by atoms with Gasteiger partial charge in [-0.2, -0.15) is 0 Å². The van der Waals surface area contributed by atoms with E-state index in [4.69, 9.17) is 5.73 Å². The highest BCUT2D eigenvalue weighted by molar-refractivity contribution is 6.08. The average molecular weight is 359 g/mol. The standard InChI is InChI=1S/C21H26N2O.ClH/c1-2-23-18-10-6-5-9-16(18)17-13-15(11-12-19(17)23)20(22)21(24)14-7-3-4-8-14;/h5-6,9-14,20-21,24H,2-4,7-8,22H2,1H3;1H/t20-,21+;/m0./s1. The Balaban J connectivity index is 0.00000182. The van der Waals surface area contributed by atoms with Gasteiger partial charge in [-0.05, 0) is 49.4 Å². The van der Waals surface area contributed by atoms with Crippen LogP contribution in [0, 0.1) is 5.92 Å². The van der Waals surface area contributed by atoms with Crippen LogP contribution in [0.2, 0.25) is 0 Å². The monoisotopic (exact) mass is 358 g/mol. The Morgan fingerprint density at radius 2 is 1.76 bits per heavy atom. The first kappa shape index (κ1) is 18.2. The predicted octanol–water partition coefficient (Wildman–Crippen LogP) is 4.79. The Kier molecular flexibility index (Phi) is 5.38. The van der Waals surface area contributed by atoms with E-state index in [9.17, 15) is 5.11 Å². The number of rotatable bonds is 4. The first-order valence-corrected chi connectivity index (χ1v) is 9.15. The molecular formula is C21H27ClN2O. The molecule has 1 heterocycles. The molecule has 0 unspecified atom stereocenters. The van der Waals surface area contributed by atoms with E-state index < -0.39 is 6.10 Å². The number of nitrogens with zero attached hydrogens (tertiary/aromatic N) is 1. The van der Waals surface area contributed by atoms with Gasteiger partial charge in [-0.1, -0.05) is 37.1 Å². The summed E-state index contributed by atoms with van der Waals surface area (Å²) in [6, 6.07) is 14.7. The lowest BCUT2D eigenvalue weighted by atomic mass is 9.90. The van der Waals surface area contributed by atoms with Gasteiger partial charge in [0.25, 0.3) is 0 Å². The quantitative estimate of drug-likeness (QED) is 0.704. The largest absolute Gasteiger partial charge is 0.391 e. The number of halogens is 1. The highest BCUT2D eigenvalue weighted by Gasteiger charge is 2.29. The number of hydrogen-bond acceptors (Lipinski definition) is 2. The predicted molar refractivity (Wildman–Crippen MR) is 107 cm³/mol. The van der Waals surface area contributed by atoms with Crippen LogP contribution < -0.4 is 5.73 Å². The number of hydrogen-bond donors (Lipinski definition) is 2. The van der Waals surface area contributed by atoms with Crippen LogP contribution in [0.25, 0.3) is 21.8 Å². The lowest BCUT2D eigenvalue weighted by Gasteiger charge is -2.24. The molecule has 1 aliphatic carbocycles. The lowest BCUT2D eigenvalue weighted by molar-refractivity contribution is 0.0845. The van der Waals surface area contributed by atoms with Crippen LogP contribution in [-0.4, -0.2) is 15.8 Å². The average Bonchev–Trinajstić information content (AvgIpc) is 3.26. The van der Waals surface area contributed by atoms with Crippen molar-refractivity contribution < 1.29 is 5.11 Å². The molecule has 0 aliphatic heterocycles. The molecule has 1 fully saturated rings. The summed E-state index contributed by atoms with van der Waals surface area (Å²) in [5, 5.41) is 13.2. The van der Waals surface area contributed by atoms with E-state index in [0.29, 0.717) is 5.92 Å². The van der Waals surface area contributed by atoms with Gasteiger partial charge in [-0.25, -0.2) is 0 Å². The minimum Gasteiger partial charge on any atom is -0.391 e. The van der Waals surface area contributed by atoms with E-state index in [1.807, 2.05) is 0 Å². The third kappa shape index (κ3) is 3.05. The Morgan fingerprint density at radius 1 is 1.08 bits per heavy atom. The van der Waals surface area contributed by atoms with Crippen LogP contribution in [0.5, 0.6) is 0 Å². The Hall–Kier alpha value is -1.55. The first-order chi connectivity index (χ1) is 11.7. The number of fused-ring (bicyclic) bond motifs is 3. The molecule has 2 atom stereocenters. The van der Waals surface area contributed by atoms with Crippen LogP contribution in [0.1, 0.15) is 44.2 Å². The van der Waals surface area contributed by atoms with Crippen LogP contribution in [0.4, 0.5) is 0 Å². The van der Waals surface area contributed by atoms with Gasteiger partial charge in [-0.15, -0.1) is 12.4 Å². The summed E-state index contributed by atoms with van der Waals surface area (Å²) < 4.78 is 2.34. The number of benzene rings is 2. The van der Waals surface area contributed by atoms with Crippen molar-refractivity contribution in [1.29, 1.82) is 0 Å². The summed E-state index contributed by atoms with van der Waals surface area (Å²) in [6.45, 7) is 3.12. The number of aryl methyl sites for hydroxylation is 1. The molecule has 3 N–H and O–H groups in total. The highest BCUT2D eigenvalue weighted by Crippen LogP contribution is 2.35. The van der Waals surface area contributed by atoms with Crippen molar-refractivity contribution in [2.24, 2.45) is 11.7 Å². The van der Waals surface area contributed by atoms with Crippen molar-refractivity contribution >= 4 is 34.2 Å². The van der Waals surface area contributed by atoms with Gasteiger partial charge in [0.05, 0.1) is 12.1 Å².